The number of fused-ring (bicyclic) bond motifs is 1. The SMILES string of the molecule is CCc1cc(OCCOC)c2c(=O)cc(Nc3ccccc3)n(-c3ccccc3)c2n1. The Kier molecular flexibility index (Phi) is 6.29. The molecule has 0 amide bonds. The van der Waals surface area contributed by atoms with Gasteiger partial charge in [0.25, 0.3) is 0 Å². The maximum Gasteiger partial charge on any atom is 0.196 e. The second-order valence-electron chi connectivity index (χ2n) is 7.06. The van der Waals surface area contributed by atoms with Crippen molar-refractivity contribution in [3.05, 3.63) is 88.7 Å². The van der Waals surface area contributed by atoms with Crippen molar-refractivity contribution in [2.45, 2.75) is 13.3 Å². The summed E-state index contributed by atoms with van der Waals surface area (Å²) in [6, 6.07) is 23.1. The molecule has 0 fully saturated rings. The zero-order valence-electron chi connectivity index (χ0n) is 17.7. The van der Waals surface area contributed by atoms with Crippen molar-refractivity contribution >= 4 is 22.5 Å². The molecular weight excluding hydrogens is 390 g/mol. The van der Waals surface area contributed by atoms with Crippen LogP contribution in [0, 0.1) is 0 Å². The molecule has 2 aromatic carbocycles. The number of ether oxygens (including phenoxy) is 2. The Morgan fingerprint density at radius 2 is 1.68 bits per heavy atom. The maximum atomic E-state index is 13.2. The quantitative estimate of drug-likeness (QED) is 0.422. The lowest BCUT2D eigenvalue weighted by Crippen LogP contribution is -2.16. The monoisotopic (exact) mass is 415 g/mol. The number of anilines is 2. The van der Waals surface area contributed by atoms with Crippen LogP contribution in [0.3, 0.4) is 0 Å². The molecule has 4 rings (SSSR count). The third-order valence-corrected chi connectivity index (χ3v) is 4.95. The van der Waals surface area contributed by atoms with Gasteiger partial charge in [-0.2, -0.15) is 0 Å². The van der Waals surface area contributed by atoms with Gasteiger partial charge in [0.1, 0.15) is 23.6 Å². The molecule has 0 spiro atoms. The van der Waals surface area contributed by atoms with E-state index in [1.54, 1.807) is 13.2 Å². The Balaban J connectivity index is 1.99. The van der Waals surface area contributed by atoms with Crippen molar-refractivity contribution in [1.29, 1.82) is 0 Å². The van der Waals surface area contributed by atoms with E-state index in [9.17, 15) is 4.79 Å². The summed E-state index contributed by atoms with van der Waals surface area (Å²) in [5, 5.41) is 3.83. The average molecular weight is 415 g/mol. The Morgan fingerprint density at radius 3 is 2.35 bits per heavy atom. The number of rotatable bonds is 8. The number of aromatic nitrogens is 2. The minimum atomic E-state index is -0.150. The first kappa shape index (κ1) is 20.6. The highest BCUT2D eigenvalue weighted by atomic mass is 16.5. The van der Waals surface area contributed by atoms with Gasteiger partial charge in [-0.3, -0.25) is 9.36 Å². The summed E-state index contributed by atoms with van der Waals surface area (Å²) >= 11 is 0. The largest absolute Gasteiger partial charge is 0.490 e. The standard InChI is InChI=1S/C25H25N3O3/c1-3-18-16-22(31-15-14-30-2)24-21(29)17-23(26-19-10-6-4-7-11-19)28(25(24)27-18)20-12-8-5-9-13-20/h4-13,16-17,26H,3,14-15H2,1-2H3. The van der Waals surface area contributed by atoms with Crippen molar-refractivity contribution in [3.63, 3.8) is 0 Å². The van der Waals surface area contributed by atoms with Gasteiger partial charge in [-0.05, 0) is 30.7 Å². The molecule has 0 atom stereocenters. The summed E-state index contributed by atoms with van der Waals surface area (Å²) in [5.74, 6) is 1.17. The van der Waals surface area contributed by atoms with Crippen molar-refractivity contribution in [2.24, 2.45) is 0 Å². The van der Waals surface area contributed by atoms with E-state index in [0.717, 1.165) is 23.5 Å². The minimum absolute atomic E-state index is 0.150. The van der Waals surface area contributed by atoms with Gasteiger partial charge in [-0.25, -0.2) is 4.98 Å². The Bertz CT molecular complexity index is 1220. The highest BCUT2D eigenvalue weighted by molar-refractivity contribution is 5.86. The van der Waals surface area contributed by atoms with Gasteiger partial charge in [0.2, 0.25) is 0 Å². The third kappa shape index (κ3) is 4.44. The topological polar surface area (TPSA) is 65.4 Å². The second-order valence-corrected chi connectivity index (χ2v) is 7.06. The molecule has 0 saturated heterocycles. The molecule has 2 heterocycles. The number of para-hydroxylation sites is 2. The van der Waals surface area contributed by atoms with Crippen LogP contribution < -0.4 is 15.5 Å². The molecule has 0 radical (unpaired) electrons. The van der Waals surface area contributed by atoms with Gasteiger partial charge in [-0.15, -0.1) is 0 Å². The van der Waals surface area contributed by atoms with Crippen LogP contribution in [0.15, 0.2) is 77.6 Å². The van der Waals surface area contributed by atoms with Crippen molar-refractivity contribution < 1.29 is 9.47 Å². The molecule has 6 heteroatoms. The maximum absolute atomic E-state index is 13.2. The number of aryl methyl sites for hydroxylation is 1. The van der Waals surface area contributed by atoms with Crippen molar-refractivity contribution in [1.82, 2.24) is 9.55 Å². The molecule has 2 aromatic heterocycles. The van der Waals surface area contributed by atoms with Crippen LogP contribution in [0.4, 0.5) is 11.5 Å². The van der Waals surface area contributed by atoms with Crippen molar-refractivity contribution in [2.75, 3.05) is 25.6 Å². The van der Waals surface area contributed by atoms with Gasteiger partial charge >= 0.3 is 0 Å². The molecule has 1 N–H and O–H groups in total. The van der Waals surface area contributed by atoms with E-state index in [-0.39, 0.29) is 5.43 Å². The predicted molar refractivity (Wildman–Crippen MR) is 124 cm³/mol. The molecular formula is C25H25N3O3. The third-order valence-electron chi connectivity index (χ3n) is 4.95. The number of hydrogen-bond acceptors (Lipinski definition) is 5. The number of pyridine rings is 2. The fraction of sp³-hybridized carbons (Fsp3) is 0.200. The molecule has 0 unspecified atom stereocenters. The van der Waals surface area contributed by atoms with E-state index < -0.39 is 0 Å². The molecule has 0 bridgehead atoms. The number of nitrogens with one attached hydrogen (secondary N) is 1. The zero-order valence-corrected chi connectivity index (χ0v) is 17.7. The van der Waals surface area contributed by atoms with Crippen LogP contribution in [0.5, 0.6) is 5.75 Å². The first-order valence-corrected chi connectivity index (χ1v) is 10.3. The summed E-state index contributed by atoms with van der Waals surface area (Å²) in [6.45, 7) is 2.82. The Morgan fingerprint density at radius 1 is 0.968 bits per heavy atom. The summed E-state index contributed by atoms with van der Waals surface area (Å²) in [4.78, 5) is 18.1. The van der Waals surface area contributed by atoms with E-state index in [4.69, 9.17) is 14.5 Å². The average Bonchev–Trinajstić information content (AvgIpc) is 2.80. The van der Waals surface area contributed by atoms with E-state index in [2.05, 4.69) is 5.32 Å². The summed E-state index contributed by atoms with van der Waals surface area (Å²) in [7, 11) is 1.62. The van der Waals surface area contributed by atoms with Crippen LogP contribution in [0.1, 0.15) is 12.6 Å². The van der Waals surface area contributed by atoms with Crippen molar-refractivity contribution in [3.8, 4) is 11.4 Å². The molecule has 0 aliphatic heterocycles. The zero-order chi connectivity index (χ0) is 21.6. The van der Waals surface area contributed by atoms with E-state index in [1.807, 2.05) is 78.2 Å². The van der Waals surface area contributed by atoms with E-state index >= 15 is 0 Å². The number of nitrogens with zero attached hydrogens (tertiary/aromatic N) is 2. The molecule has 0 aliphatic rings. The summed E-state index contributed by atoms with van der Waals surface area (Å²) in [6.07, 6.45) is 0.718. The molecule has 158 valence electrons. The first-order valence-electron chi connectivity index (χ1n) is 10.3. The highest BCUT2D eigenvalue weighted by Crippen LogP contribution is 2.29. The van der Waals surface area contributed by atoms with Crippen LogP contribution in [0.25, 0.3) is 16.7 Å². The molecule has 31 heavy (non-hydrogen) atoms. The molecule has 4 aromatic rings. The van der Waals surface area contributed by atoms with E-state index in [0.29, 0.717) is 35.8 Å². The van der Waals surface area contributed by atoms with Crippen LogP contribution >= 0.6 is 0 Å². The van der Waals surface area contributed by atoms with Crippen LogP contribution in [-0.4, -0.2) is 29.9 Å². The number of benzene rings is 2. The molecule has 0 aliphatic carbocycles. The number of hydrogen-bond donors (Lipinski definition) is 1. The van der Waals surface area contributed by atoms with Crippen LogP contribution in [0.2, 0.25) is 0 Å². The number of methoxy groups -OCH3 is 1. The lowest BCUT2D eigenvalue weighted by Gasteiger charge is -2.19. The van der Waals surface area contributed by atoms with Gasteiger partial charge in [0.05, 0.1) is 6.61 Å². The first-order chi connectivity index (χ1) is 15.2. The Labute approximate surface area is 181 Å². The Hall–Kier alpha value is -3.64. The molecule has 6 nitrogen and oxygen atoms in total. The van der Waals surface area contributed by atoms with Gasteiger partial charge in [0.15, 0.2) is 11.1 Å². The fourth-order valence-electron chi connectivity index (χ4n) is 3.46. The van der Waals surface area contributed by atoms with Gasteiger partial charge in [0, 0.05) is 36.3 Å². The smallest absolute Gasteiger partial charge is 0.196 e. The highest BCUT2D eigenvalue weighted by Gasteiger charge is 2.18. The lowest BCUT2D eigenvalue weighted by atomic mass is 10.2. The van der Waals surface area contributed by atoms with Crippen LogP contribution in [-0.2, 0) is 11.2 Å². The van der Waals surface area contributed by atoms with Gasteiger partial charge in [-0.1, -0.05) is 43.3 Å². The predicted octanol–water partition coefficient (Wildman–Crippen LogP) is 4.72. The fourth-order valence-corrected chi connectivity index (χ4v) is 3.46. The van der Waals surface area contributed by atoms with Gasteiger partial charge < -0.3 is 14.8 Å². The molecule has 0 saturated carbocycles. The minimum Gasteiger partial charge on any atom is -0.490 e. The normalized spacial score (nSPS) is 10.9. The lowest BCUT2D eigenvalue weighted by molar-refractivity contribution is 0.147. The second kappa shape index (κ2) is 9.45. The summed E-state index contributed by atoms with van der Waals surface area (Å²) in [5.41, 5.74) is 3.04. The summed E-state index contributed by atoms with van der Waals surface area (Å²) < 4.78 is 13.0. The van der Waals surface area contributed by atoms with E-state index in [1.165, 1.54) is 0 Å².